The maximum Gasteiger partial charge on any atom is 0.417 e. The Labute approximate surface area is 123 Å². The highest BCUT2D eigenvalue weighted by Gasteiger charge is 2.30. The van der Waals surface area contributed by atoms with Gasteiger partial charge in [-0.3, -0.25) is 14.8 Å². The molecule has 118 valence electrons. The molecule has 1 aromatic rings. The van der Waals surface area contributed by atoms with E-state index in [1.807, 2.05) is 0 Å². The number of hydrogen-bond acceptors (Lipinski definition) is 3. The molecule has 0 N–H and O–H groups in total. The number of halogens is 3. The summed E-state index contributed by atoms with van der Waals surface area (Å²) in [5.74, 6) is 0. The van der Waals surface area contributed by atoms with E-state index < -0.39 is 11.7 Å². The number of rotatable bonds is 3. The maximum absolute atomic E-state index is 12.5. The van der Waals surface area contributed by atoms with Gasteiger partial charge in [-0.05, 0) is 33.0 Å². The molecule has 0 aromatic carbocycles. The van der Waals surface area contributed by atoms with E-state index in [0.717, 1.165) is 31.9 Å². The van der Waals surface area contributed by atoms with Crippen LogP contribution in [0.5, 0.6) is 0 Å². The van der Waals surface area contributed by atoms with Gasteiger partial charge in [-0.25, -0.2) is 0 Å². The first kappa shape index (κ1) is 16.2. The average Bonchev–Trinajstić information content (AvgIpc) is 2.42. The standard InChI is InChI=1S/C15H22F3N3/c1-11-9-21(10-12(2)20(11)3)7-6-14-5-4-13(8-19-14)15(16,17)18/h4-5,8,11-12H,6-7,9-10H2,1-3H3/t11-,12+. The summed E-state index contributed by atoms with van der Waals surface area (Å²) in [6, 6.07) is 3.58. The average molecular weight is 301 g/mol. The van der Waals surface area contributed by atoms with E-state index in [-0.39, 0.29) is 0 Å². The van der Waals surface area contributed by atoms with E-state index >= 15 is 0 Å². The number of hydrogen-bond donors (Lipinski definition) is 0. The predicted octanol–water partition coefficient (Wildman–Crippen LogP) is 2.67. The molecule has 1 saturated heterocycles. The van der Waals surface area contributed by atoms with Gasteiger partial charge in [0.2, 0.25) is 0 Å². The van der Waals surface area contributed by atoms with E-state index in [0.29, 0.717) is 24.2 Å². The molecule has 3 nitrogen and oxygen atoms in total. The highest BCUT2D eigenvalue weighted by atomic mass is 19.4. The number of alkyl halides is 3. The van der Waals surface area contributed by atoms with E-state index in [1.165, 1.54) is 6.07 Å². The van der Waals surface area contributed by atoms with Gasteiger partial charge >= 0.3 is 6.18 Å². The largest absolute Gasteiger partial charge is 0.417 e. The molecule has 21 heavy (non-hydrogen) atoms. The Kier molecular flexibility index (Phi) is 4.88. The van der Waals surface area contributed by atoms with Crippen LogP contribution in [0.25, 0.3) is 0 Å². The molecule has 2 heterocycles. The van der Waals surface area contributed by atoms with Gasteiger partial charge in [0.05, 0.1) is 5.56 Å². The summed E-state index contributed by atoms with van der Waals surface area (Å²) >= 11 is 0. The first-order chi connectivity index (χ1) is 9.77. The second-order valence-corrected chi connectivity index (χ2v) is 5.91. The number of pyridine rings is 1. The molecule has 0 radical (unpaired) electrons. The molecule has 2 rings (SSSR count). The monoisotopic (exact) mass is 301 g/mol. The third-order valence-electron chi connectivity index (χ3n) is 4.27. The van der Waals surface area contributed by atoms with Crippen LogP contribution in [-0.4, -0.2) is 53.5 Å². The Bertz CT molecular complexity index is 446. The van der Waals surface area contributed by atoms with Crippen LogP contribution in [0.2, 0.25) is 0 Å². The van der Waals surface area contributed by atoms with Crippen LogP contribution in [0.1, 0.15) is 25.1 Å². The van der Waals surface area contributed by atoms with Crippen molar-refractivity contribution in [3.05, 3.63) is 29.6 Å². The second kappa shape index (κ2) is 6.32. The molecule has 6 heteroatoms. The minimum Gasteiger partial charge on any atom is -0.300 e. The van der Waals surface area contributed by atoms with Gasteiger partial charge in [0.15, 0.2) is 0 Å². The summed E-state index contributed by atoms with van der Waals surface area (Å²) in [5.41, 5.74) is 0.0234. The minimum absolute atomic E-state index is 0.495. The number of likely N-dealkylation sites (N-methyl/N-ethyl adjacent to an activating group) is 1. The van der Waals surface area contributed by atoms with Gasteiger partial charge in [0.1, 0.15) is 0 Å². The molecule has 0 aliphatic carbocycles. The highest BCUT2D eigenvalue weighted by molar-refractivity contribution is 5.17. The molecule has 1 fully saturated rings. The summed E-state index contributed by atoms with van der Waals surface area (Å²) in [6.45, 7) is 7.20. The Morgan fingerprint density at radius 2 is 1.81 bits per heavy atom. The Morgan fingerprint density at radius 1 is 1.19 bits per heavy atom. The van der Waals surface area contributed by atoms with Crippen LogP contribution in [0.3, 0.4) is 0 Å². The van der Waals surface area contributed by atoms with Crippen LogP contribution in [0, 0.1) is 0 Å². The zero-order chi connectivity index (χ0) is 15.6. The number of piperazine rings is 1. The predicted molar refractivity (Wildman–Crippen MR) is 76.1 cm³/mol. The highest BCUT2D eigenvalue weighted by Crippen LogP contribution is 2.28. The van der Waals surface area contributed by atoms with Crippen LogP contribution in [0.4, 0.5) is 13.2 Å². The Morgan fingerprint density at radius 3 is 2.29 bits per heavy atom. The van der Waals surface area contributed by atoms with Crippen molar-refractivity contribution in [2.75, 3.05) is 26.7 Å². The maximum atomic E-state index is 12.5. The number of aromatic nitrogens is 1. The molecule has 0 amide bonds. The molecule has 0 bridgehead atoms. The quantitative estimate of drug-likeness (QED) is 0.855. The van der Waals surface area contributed by atoms with Crippen LogP contribution in [-0.2, 0) is 12.6 Å². The van der Waals surface area contributed by atoms with Crippen molar-refractivity contribution < 1.29 is 13.2 Å². The topological polar surface area (TPSA) is 19.4 Å². The van der Waals surface area contributed by atoms with Crippen LogP contribution >= 0.6 is 0 Å². The SMILES string of the molecule is C[C@@H]1CN(CCc2ccc(C(F)(F)F)cn2)C[C@H](C)N1C. The number of nitrogens with zero attached hydrogens (tertiary/aromatic N) is 3. The zero-order valence-corrected chi connectivity index (χ0v) is 12.7. The molecule has 1 aliphatic heterocycles. The first-order valence-corrected chi connectivity index (χ1v) is 7.24. The Hall–Kier alpha value is -1.14. The lowest BCUT2D eigenvalue weighted by Crippen LogP contribution is -2.55. The molecule has 1 aromatic heterocycles. The lowest BCUT2D eigenvalue weighted by molar-refractivity contribution is -0.137. The molecular weight excluding hydrogens is 279 g/mol. The van der Waals surface area contributed by atoms with E-state index in [1.54, 1.807) is 0 Å². The third-order valence-corrected chi connectivity index (χ3v) is 4.27. The van der Waals surface area contributed by atoms with E-state index in [4.69, 9.17) is 0 Å². The fourth-order valence-electron chi connectivity index (χ4n) is 2.71. The van der Waals surface area contributed by atoms with Crippen LogP contribution in [0.15, 0.2) is 18.3 Å². The molecular formula is C15H22F3N3. The van der Waals surface area contributed by atoms with E-state index in [2.05, 4.69) is 35.7 Å². The molecule has 0 saturated carbocycles. The summed E-state index contributed by atoms with van der Waals surface area (Å²) in [4.78, 5) is 8.64. The molecule has 2 atom stereocenters. The lowest BCUT2D eigenvalue weighted by atomic mass is 10.1. The Balaban J connectivity index is 1.89. The van der Waals surface area contributed by atoms with Crippen molar-refractivity contribution in [1.82, 2.24) is 14.8 Å². The lowest BCUT2D eigenvalue weighted by Gasteiger charge is -2.42. The van der Waals surface area contributed by atoms with Crippen molar-refractivity contribution in [3.63, 3.8) is 0 Å². The van der Waals surface area contributed by atoms with Crippen molar-refractivity contribution in [3.8, 4) is 0 Å². The zero-order valence-electron chi connectivity index (χ0n) is 12.7. The third kappa shape index (κ3) is 4.17. The minimum atomic E-state index is -4.31. The normalized spacial score (nSPS) is 25.2. The summed E-state index contributed by atoms with van der Waals surface area (Å²) in [5, 5.41) is 0. The smallest absolute Gasteiger partial charge is 0.300 e. The fraction of sp³-hybridized carbons (Fsp3) is 0.667. The van der Waals surface area contributed by atoms with Gasteiger partial charge in [-0.2, -0.15) is 13.2 Å². The summed E-state index contributed by atoms with van der Waals surface area (Å²) in [6.07, 6.45) is -2.71. The van der Waals surface area contributed by atoms with Crippen molar-refractivity contribution >= 4 is 0 Å². The molecule has 0 spiro atoms. The van der Waals surface area contributed by atoms with Gasteiger partial charge in [0, 0.05) is 50.0 Å². The van der Waals surface area contributed by atoms with Gasteiger partial charge in [-0.1, -0.05) is 0 Å². The summed E-state index contributed by atoms with van der Waals surface area (Å²) in [7, 11) is 2.13. The van der Waals surface area contributed by atoms with Crippen molar-refractivity contribution in [2.45, 2.75) is 38.5 Å². The van der Waals surface area contributed by atoms with Gasteiger partial charge < -0.3 is 0 Å². The molecule has 1 aliphatic rings. The summed E-state index contributed by atoms with van der Waals surface area (Å²) < 4.78 is 37.4. The van der Waals surface area contributed by atoms with Crippen LogP contribution < -0.4 is 0 Å². The van der Waals surface area contributed by atoms with Gasteiger partial charge in [0.25, 0.3) is 0 Å². The van der Waals surface area contributed by atoms with Gasteiger partial charge in [-0.15, -0.1) is 0 Å². The fourth-order valence-corrected chi connectivity index (χ4v) is 2.71. The van der Waals surface area contributed by atoms with Crippen molar-refractivity contribution in [2.24, 2.45) is 0 Å². The first-order valence-electron chi connectivity index (χ1n) is 7.24. The van der Waals surface area contributed by atoms with E-state index in [9.17, 15) is 13.2 Å². The van der Waals surface area contributed by atoms with Crippen molar-refractivity contribution in [1.29, 1.82) is 0 Å². The molecule has 0 unspecified atom stereocenters. The second-order valence-electron chi connectivity index (χ2n) is 5.91.